The molecule has 1 aromatic heterocycles. The minimum absolute atomic E-state index is 0.185. The van der Waals surface area contributed by atoms with Gasteiger partial charge in [-0.3, -0.25) is 4.79 Å². The summed E-state index contributed by atoms with van der Waals surface area (Å²) in [5, 5.41) is 3.36. The maximum Gasteiger partial charge on any atom is 0.194 e. The van der Waals surface area contributed by atoms with Crippen LogP contribution in [0.1, 0.15) is 17.5 Å². The van der Waals surface area contributed by atoms with Crippen molar-refractivity contribution in [2.45, 2.75) is 6.92 Å². The Kier molecular flexibility index (Phi) is 2.44. The number of furan rings is 1. The summed E-state index contributed by atoms with van der Waals surface area (Å²) in [7, 11) is 1.48. The third-order valence-electron chi connectivity index (χ3n) is 2.29. The zero-order valence-electron chi connectivity index (χ0n) is 8.81. The van der Waals surface area contributed by atoms with E-state index in [4.69, 9.17) is 9.15 Å². The highest BCUT2D eigenvalue weighted by Gasteiger charge is 2.15. The molecule has 2 rings (SSSR count). The molecule has 0 bridgehead atoms. The quantitative estimate of drug-likeness (QED) is 0.587. The van der Waals surface area contributed by atoms with Crippen molar-refractivity contribution in [1.29, 1.82) is 0 Å². The summed E-state index contributed by atoms with van der Waals surface area (Å²) in [6.45, 7) is 1.39. The molecule has 0 aliphatic carbocycles. The molecule has 1 heterocycles. The number of methoxy groups -OCH3 is 1. The Morgan fingerprint density at radius 3 is 2.75 bits per heavy atom. The molecular weight excluding hydrogens is 210 g/mol. The van der Waals surface area contributed by atoms with Gasteiger partial charge in [-0.1, -0.05) is 0 Å². The van der Waals surface area contributed by atoms with Crippen molar-refractivity contribution in [2.24, 2.45) is 5.18 Å². The fourth-order valence-electron chi connectivity index (χ4n) is 1.50. The van der Waals surface area contributed by atoms with Crippen LogP contribution in [0.2, 0.25) is 0 Å². The Bertz CT molecular complexity index is 571. The minimum Gasteiger partial charge on any atom is -0.493 e. The smallest absolute Gasteiger partial charge is 0.194 e. The SMILES string of the molecule is COc1ccc(N=O)c2cc(C(C)=O)oc12. The topological polar surface area (TPSA) is 68.9 Å². The number of carbonyl (C=O) groups excluding carboxylic acids is 1. The largest absolute Gasteiger partial charge is 0.493 e. The second-order valence-electron chi connectivity index (χ2n) is 3.29. The van der Waals surface area contributed by atoms with Crippen molar-refractivity contribution in [1.82, 2.24) is 0 Å². The van der Waals surface area contributed by atoms with Crippen LogP contribution in [0, 0.1) is 4.91 Å². The molecule has 5 heteroatoms. The number of fused-ring (bicyclic) bond motifs is 1. The lowest BCUT2D eigenvalue weighted by atomic mass is 10.2. The summed E-state index contributed by atoms with van der Waals surface area (Å²) in [4.78, 5) is 21.8. The predicted octanol–water partition coefficient (Wildman–Crippen LogP) is 3.04. The van der Waals surface area contributed by atoms with Crippen LogP contribution < -0.4 is 4.74 Å². The van der Waals surface area contributed by atoms with Crippen molar-refractivity contribution in [3.8, 4) is 5.75 Å². The number of nitrogens with zero attached hydrogens (tertiary/aromatic N) is 1. The summed E-state index contributed by atoms with van der Waals surface area (Å²) in [6, 6.07) is 4.59. The van der Waals surface area contributed by atoms with Crippen LogP contribution in [0.4, 0.5) is 5.69 Å². The molecule has 82 valence electrons. The highest BCUT2D eigenvalue weighted by Crippen LogP contribution is 2.35. The molecule has 0 aliphatic rings. The first-order valence-electron chi connectivity index (χ1n) is 4.62. The van der Waals surface area contributed by atoms with Gasteiger partial charge in [0.05, 0.1) is 12.5 Å². The van der Waals surface area contributed by atoms with E-state index in [0.717, 1.165) is 0 Å². The Labute approximate surface area is 91.0 Å². The van der Waals surface area contributed by atoms with Crippen LogP contribution >= 0.6 is 0 Å². The average Bonchev–Trinajstić information content (AvgIpc) is 2.72. The summed E-state index contributed by atoms with van der Waals surface area (Å²) in [5.74, 6) is 0.439. The van der Waals surface area contributed by atoms with Gasteiger partial charge in [0.1, 0.15) is 5.69 Å². The number of Topliss-reactive ketones (excluding diaryl/α,β-unsaturated/α-hetero) is 1. The molecule has 2 aromatic rings. The number of benzene rings is 1. The van der Waals surface area contributed by atoms with Crippen LogP contribution in [0.15, 0.2) is 27.8 Å². The number of carbonyl (C=O) groups is 1. The lowest BCUT2D eigenvalue weighted by Gasteiger charge is -2.00. The van der Waals surface area contributed by atoms with E-state index < -0.39 is 0 Å². The second kappa shape index (κ2) is 3.77. The van der Waals surface area contributed by atoms with Crippen molar-refractivity contribution < 1.29 is 13.9 Å². The molecule has 0 spiro atoms. The molecule has 5 nitrogen and oxygen atoms in total. The van der Waals surface area contributed by atoms with Crippen molar-refractivity contribution in [3.05, 3.63) is 28.9 Å². The van der Waals surface area contributed by atoms with Crippen molar-refractivity contribution >= 4 is 22.4 Å². The van der Waals surface area contributed by atoms with Gasteiger partial charge < -0.3 is 9.15 Å². The van der Waals surface area contributed by atoms with Crippen LogP contribution in [-0.4, -0.2) is 12.9 Å². The fourth-order valence-corrected chi connectivity index (χ4v) is 1.50. The monoisotopic (exact) mass is 219 g/mol. The lowest BCUT2D eigenvalue weighted by molar-refractivity contribution is 0.0989. The molecule has 0 fully saturated rings. The number of ketones is 1. The molecular formula is C11H9NO4. The van der Waals surface area contributed by atoms with Gasteiger partial charge in [0.2, 0.25) is 0 Å². The predicted molar refractivity (Wildman–Crippen MR) is 58.2 cm³/mol. The van der Waals surface area contributed by atoms with Gasteiger partial charge in [-0.25, -0.2) is 0 Å². The Balaban J connectivity index is 2.80. The van der Waals surface area contributed by atoms with Crippen LogP contribution in [0.3, 0.4) is 0 Å². The molecule has 0 aliphatic heterocycles. The molecule has 16 heavy (non-hydrogen) atoms. The number of nitroso groups, excluding NO2 is 1. The molecule has 1 aromatic carbocycles. The van der Waals surface area contributed by atoms with Crippen LogP contribution in [0.25, 0.3) is 11.0 Å². The first-order valence-corrected chi connectivity index (χ1v) is 4.62. The van der Waals surface area contributed by atoms with Gasteiger partial charge in [-0.2, -0.15) is 0 Å². The van der Waals surface area contributed by atoms with Gasteiger partial charge >= 0.3 is 0 Å². The number of hydrogen-bond acceptors (Lipinski definition) is 5. The van der Waals surface area contributed by atoms with Crippen LogP contribution in [-0.2, 0) is 0 Å². The fraction of sp³-hybridized carbons (Fsp3) is 0.182. The summed E-state index contributed by atoms with van der Waals surface area (Å²) >= 11 is 0. The van der Waals surface area contributed by atoms with Gasteiger partial charge in [-0.15, -0.1) is 4.91 Å². The Morgan fingerprint density at radius 2 is 2.19 bits per heavy atom. The van der Waals surface area contributed by atoms with E-state index >= 15 is 0 Å². The highest BCUT2D eigenvalue weighted by molar-refractivity contribution is 6.00. The maximum atomic E-state index is 11.2. The van der Waals surface area contributed by atoms with E-state index in [1.807, 2.05) is 0 Å². The van der Waals surface area contributed by atoms with Gasteiger partial charge in [-0.05, 0) is 23.4 Å². The number of hydrogen-bond donors (Lipinski definition) is 0. The number of rotatable bonds is 3. The van der Waals surface area contributed by atoms with E-state index in [0.29, 0.717) is 16.7 Å². The zero-order valence-corrected chi connectivity index (χ0v) is 8.81. The normalized spacial score (nSPS) is 10.4. The van der Waals surface area contributed by atoms with Gasteiger partial charge in [0, 0.05) is 6.92 Å². The molecule has 0 saturated heterocycles. The third kappa shape index (κ3) is 1.46. The van der Waals surface area contributed by atoms with Gasteiger partial charge in [0.15, 0.2) is 22.9 Å². The molecule has 0 N–H and O–H groups in total. The van der Waals surface area contributed by atoms with E-state index in [1.165, 1.54) is 26.2 Å². The second-order valence-corrected chi connectivity index (χ2v) is 3.29. The first-order chi connectivity index (χ1) is 7.67. The maximum absolute atomic E-state index is 11.2. The van der Waals surface area contributed by atoms with E-state index in [2.05, 4.69) is 5.18 Å². The Morgan fingerprint density at radius 1 is 1.44 bits per heavy atom. The van der Waals surface area contributed by atoms with E-state index in [1.54, 1.807) is 6.07 Å². The molecule has 0 atom stereocenters. The standard InChI is InChI=1S/C11H9NO4/c1-6(13)10-5-7-8(12-14)3-4-9(15-2)11(7)16-10/h3-5H,1-2H3. The van der Waals surface area contributed by atoms with Crippen LogP contribution in [0.5, 0.6) is 5.75 Å². The molecule has 0 amide bonds. The highest BCUT2D eigenvalue weighted by atomic mass is 16.5. The first kappa shape index (κ1) is 10.4. The van der Waals surface area contributed by atoms with Crippen molar-refractivity contribution in [3.63, 3.8) is 0 Å². The summed E-state index contributed by atoms with van der Waals surface area (Å²) in [5.41, 5.74) is 0.594. The van der Waals surface area contributed by atoms with E-state index in [-0.39, 0.29) is 17.2 Å². The minimum atomic E-state index is -0.213. The molecule has 0 unspecified atom stereocenters. The van der Waals surface area contributed by atoms with Crippen molar-refractivity contribution in [2.75, 3.05) is 7.11 Å². The van der Waals surface area contributed by atoms with Gasteiger partial charge in [0.25, 0.3) is 0 Å². The average molecular weight is 219 g/mol. The summed E-state index contributed by atoms with van der Waals surface area (Å²) in [6.07, 6.45) is 0. The lowest BCUT2D eigenvalue weighted by Crippen LogP contribution is -1.85. The summed E-state index contributed by atoms with van der Waals surface area (Å²) < 4.78 is 10.4. The molecule has 0 saturated carbocycles. The van der Waals surface area contributed by atoms with E-state index in [9.17, 15) is 9.70 Å². The number of ether oxygens (including phenoxy) is 1. The zero-order chi connectivity index (χ0) is 11.7. The third-order valence-corrected chi connectivity index (χ3v) is 2.29. The Hall–Kier alpha value is -2.17. The molecule has 0 radical (unpaired) electrons.